The van der Waals surface area contributed by atoms with Gasteiger partial charge in [-0.3, -0.25) is 4.79 Å². The molecule has 1 heterocycles. The highest BCUT2D eigenvalue weighted by molar-refractivity contribution is 6.30. The summed E-state index contributed by atoms with van der Waals surface area (Å²) in [4.78, 5) is 15.2. The van der Waals surface area contributed by atoms with Crippen LogP contribution < -0.4 is 14.4 Å². The second kappa shape index (κ2) is 9.49. The van der Waals surface area contributed by atoms with E-state index in [9.17, 15) is 4.79 Å². The van der Waals surface area contributed by atoms with Crippen molar-refractivity contribution < 1.29 is 14.3 Å². The highest BCUT2D eigenvalue weighted by Gasteiger charge is 2.30. The second-order valence-electron chi connectivity index (χ2n) is 7.74. The number of rotatable bonds is 7. The average molecular weight is 448 g/mol. The molecule has 0 radical (unpaired) electrons. The molecule has 0 atom stereocenters. The van der Waals surface area contributed by atoms with Crippen LogP contribution in [0, 0.1) is 6.92 Å². The van der Waals surface area contributed by atoms with Crippen molar-refractivity contribution in [3.8, 4) is 11.5 Å². The van der Waals surface area contributed by atoms with Gasteiger partial charge in [0.15, 0.2) is 5.76 Å². The number of ketones is 1. The van der Waals surface area contributed by atoms with E-state index in [1.54, 1.807) is 12.1 Å². The van der Waals surface area contributed by atoms with Crippen LogP contribution in [0.1, 0.15) is 40.9 Å². The van der Waals surface area contributed by atoms with Gasteiger partial charge < -0.3 is 14.4 Å². The topological polar surface area (TPSA) is 38.8 Å². The van der Waals surface area contributed by atoms with Gasteiger partial charge in [-0.1, -0.05) is 35.9 Å². The number of allylic oxidation sites excluding steroid dienone is 1. The molecule has 0 spiro atoms. The predicted molar refractivity (Wildman–Crippen MR) is 130 cm³/mol. The Balaban J connectivity index is 1.52. The Kier molecular flexibility index (Phi) is 6.52. The van der Waals surface area contributed by atoms with Crippen LogP contribution in [0.5, 0.6) is 11.5 Å². The summed E-state index contributed by atoms with van der Waals surface area (Å²) >= 11 is 6.04. The summed E-state index contributed by atoms with van der Waals surface area (Å²) in [6.07, 6.45) is 1.79. The number of anilines is 1. The zero-order chi connectivity index (χ0) is 22.7. The van der Waals surface area contributed by atoms with Gasteiger partial charge in [0.25, 0.3) is 0 Å². The van der Waals surface area contributed by atoms with Crippen molar-refractivity contribution in [3.05, 3.63) is 93.7 Å². The molecule has 3 aromatic rings. The van der Waals surface area contributed by atoms with Crippen LogP contribution in [0.3, 0.4) is 0 Å². The first-order chi connectivity index (χ1) is 15.5. The maximum Gasteiger partial charge on any atom is 0.232 e. The SMILES string of the molecule is CCN(CC)c1ccc(/C=C2\Oc3cc(OCc4cccc(Cl)c4)cc(C)c3C2=O)cc1. The van der Waals surface area contributed by atoms with Crippen molar-refractivity contribution in [1.29, 1.82) is 0 Å². The van der Waals surface area contributed by atoms with Gasteiger partial charge >= 0.3 is 0 Å². The number of fused-ring (bicyclic) bond motifs is 1. The molecular formula is C27H26ClNO3. The van der Waals surface area contributed by atoms with Crippen molar-refractivity contribution in [2.75, 3.05) is 18.0 Å². The van der Waals surface area contributed by atoms with E-state index >= 15 is 0 Å². The number of benzene rings is 3. The Morgan fingerprint density at radius 3 is 2.47 bits per heavy atom. The highest BCUT2D eigenvalue weighted by Crippen LogP contribution is 2.37. The fourth-order valence-electron chi connectivity index (χ4n) is 3.88. The molecule has 4 nitrogen and oxygen atoms in total. The lowest BCUT2D eigenvalue weighted by molar-refractivity contribution is 0.101. The van der Waals surface area contributed by atoms with Crippen molar-refractivity contribution in [3.63, 3.8) is 0 Å². The van der Waals surface area contributed by atoms with E-state index in [0.29, 0.717) is 34.5 Å². The van der Waals surface area contributed by atoms with E-state index in [1.807, 2.05) is 49.4 Å². The Hall–Kier alpha value is -3.24. The lowest BCUT2D eigenvalue weighted by Gasteiger charge is -2.20. The summed E-state index contributed by atoms with van der Waals surface area (Å²) in [6.45, 7) is 8.46. The largest absolute Gasteiger partial charge is 0.489 e. The highest BCUT2D eigenvalue weighted by atomic mass is 35.5. The fourth-order valence-corrected chi connectivity index (χ4v) is 4.09. The van der Waals surface area contributed by atoms with Gasteiger partial charge in [0.1, 0.15) is 18.1 Å². The molecule has 0 aliphatic carbocycles. The number of carbonyl (C=O) groups is 1. The van der Waals surface area contributed by atoms with Crippen molar-refractivity contribution in [2.24, 2.45) is 0 Å². The molecule has 5 heteroatoms. The Morgan fingerprint density at radius 2 is 1.78 bits per heavy atom. The molecule has 164 valence electrons. The fraction of sp³-hybridized carbons (Fsp3) is 0.222. The summed E-state index contributed by atoms with van der Waals surface area (Å²) in [5, 5.41) is 0.671. The Bertz CT molecular complexity index is 1160. The molecule has 0 N–H and O–H groups in total. The summed E-state index contributed by atoms with van der Waals surface area (Å²) < 4.78 is 11.9. The Labute approximate surface area is 194 Å². The first-order valence-corrected chi connectivity index (χ1v) is 11.2. The minimum absolute atomic E-state index is 0.105. The molecule has 0 bridgehead atoms. The standard InChI is InChI=1S/C27H26ClNO3/c1-4-29(5-2)22-11-9-19(10-12-22)15-25-27(30)26-18(3)13-23(16-24(26)32-25)31-17-20-7-6-8-21(28)14-20/h6-16H,4-5,17H2,1-3H3/b25-15-. The molecule has 32 heavy (non-hydrogen) atoms. The lowest BCUT2D eigenvalue weighted by Crippen LogP contribution is -2.21. The predicted octanol–water partition coefficient (Wildman–Crippen LogP) is 6.69. The monoisotopic (exact) mass is 447 g/mol. The van der Waals surface area contributed by atoms with E-state index in [1.165, 1.54) is 0 Å². The Morgan fingerprint density at radius 1 is 1.03 bits per heavy atom. The van der Waals surface area contributed by atoms with Crippen LogP contribution in [0.25, 0.3) is 6.08 Å². The molecule has 0 saturated carbocycles. The van der Waals surface area contributed by atoms with E-state index in [0.717, 1.165) is 35.5 Å². The van der Waals surface area contributed by atoms with Gasteiger partial charge in [0.2, 0.25) is 5.78 Å². The van der Waals surface area contributed by atoms with Crippen LogP contribution in [0.15, 0.2) is 66.4 Å². The van der Waals surface area contributed by atoms with Gasteiger partial charge in [0, 0.05) is 29.9 Å². The first-order valence-electron chi connectivity index (χ1n) is 10.8. The summed E-state index contributed by atoms with van der Waals surface area (Å²) in [6, 6.07) is 19.3. The quantitative estimate of drug-likeness (QED) is 0.378. The van der Waals surface area contributed by atoms with E-state index in [2.05, 4.69) is 30.9 Å². The van der Waals surface area contributed by atoms with Gasteiger partial charge in [-0.2, -0.15) is 0 Å². The number of hydrogen-bond acceptors (Lipinski definition) is 4. The number of hydrogen-bond donors (Lipinski definition) is 0. The van der Waals surface area contributed by atoms with Crippen LogP contribution >= 0.6 is 11.6 Å². The second-order valence-corrected chi connectivity index (χ2v) is 8.17. The molecule has 0 saturated heterocycles. The van der Waals surface area contributed by atoms with Crippen LogP contribution in [0.4, 0.5) is 5.69 Å². The van der Waals surface area contributed by atoms with Gasteiger partial charge in [0.05, 0.1) is 5.56 Å². The smallest absolute Gasteiger partial charge is 0.232 e. The minimum Gasteiger partial charge on any atom is -0.489 e. The third-order valence-corrected chi connectivity index (χ3v) is 5.79. The summed E-state index contributed by atoms with van der Waals surface area (Å²) in [5.74, 6) is 1.40. The zero-order valence-electron chi connectivity index (χ0n) is 18.5. The van der Waals surface area contributed by atoms with Crippen molar-refractivity contribution in [2.45, 2.75) is 27.4 Å². The molecule has 0 amide bonds. The summed E-state index contributed by atoms with van der Waals surface area (Å²) in [7, 11) is 0. The number of ether oxygens (including phenoxy) is 2. The molecule has 0 aromatic heterocycles. The number of Topliss-reactive ketones (excluding diaryl/α,β-unsaturated/α-hetero) is 1. The molecule has 3 aromatic carbocycles. The zero-order valence-corrected chi connectivity index (χ0v) is 19.3. The molecule has 0 fully saturated rings. The van der Waals surface area contributed by atoms with Crippen LogP contribution in [-0.2, 0) is 6.61 Å². The lowest BCUT2D eigenvalue weighted by atomic mass is 10.0. The minimum atomic E-state index is -0.105. The van der Waals surface area contributed by atoms with Crippen molar-refractivity contribution >= 4 is 29.1 Å². The number of halogens is 1. The number of nitrogens with zero attached hydrogens (tertiary/aromatic N) is 1. The maximum absolute atomic E-state index is 13.0. The molecule has 1 aliphatic heterocycles. The molecule has 0 unspecified atom stereocenters. The average Bonchev–Trinajstić information content (AvgIpc) is 3.10. The van der Waals surface area contributed by atoms with Crippen LogP contribution in [-0.4, -0.2) is 18.9 Å². The third kappa shape index (κ3) is 4.66. The van der Waals surface area contributed by atoms with E-state index < -0.39 is 0 Å². The van der Waals surface area contributed by atoms with Gasteiger partial charge in [-0.25, -0.2) is 0 Å². The maximum atomic E-state index is 13.0. The first kappa shape index (κ1) is 22.0. The number of aryl methyl sites for hydroxylation is 1. The van der Waals surface area contributed by atoms with E-state index in [-0.39, 0.29) is 5.78 Å². The van der Waals surface area contributed by atoms with E-state index in [4.69, 9.17) is 21.1 Å². The third-order valence-electron chi connectivity index (χ3n) is 5.56. The normalized spacial score (nSPS) is 13.8. The summed E-state index contributed by atoms with van der Waals surface area (Å²) in [5.41, 5.74) is 4.48. The van der Waals surface area contributed by atoms with Crippen molar-refractivity contribution in [1.82, 2.24) is 0 Å². The number of carbonyl (C=O) groups excluding carboxylic acids is 1. The van der Waals surface area contributed by atoms with Crippen LogP contribution in [0.2, 0.25) is 5.02 Å². The van der Waals surface area contributed by atoms with Gasteiger partial charge in [-0.15, -0.1) is 0 Å². The molecule has 1 aliphatic rings. The molecule has 4 rings (SSSR count). The molecular weight excluding hydrogens is 422 g/mol. The van der Waals surface area contributed by atoms with Gasteiger partial charge in [-0.05, 0) is 73.9 Å².